The molecule has 1 N–H and O–H groups in total. The fraction of sp³-hybridized carbons (Fsp3) is 0.625. The highest BCUT2D eigenvalue weighted by Gasteiger charge is 2.08. The fourth-order valence-corrected chi connectivity index (χ4v) is 2.17. The first-order valence-electron chi connectivity index (χ1n) is 7.28. The Balaban J connectivity index is 2.47. The van der Waals surface area contributed by atoms with Gasteiger partial charge in [-0.3, -0.25) is 4.90 Å². The van der Waals surface area contributed by atoms with Gasteiger partial charge in [-0.05, 0) is 39.9 Å². The van der Waals surface area contributed by atoms with Gasteiger partial charge in [0.2, 0.25) is 0 Å². The van der Waals surface area contributed by atoms with E-state index < -0.39 is 0 Å². The quantitative estimate of drug-likeness (QED) is 0.742. The van der Waals surface area contributed by atoms with Gasteiger partial charge in [0, 0.05) is 24.7 Å². The van der Waals surface area contributed by atoms with Crippen molar-refractivity contribution in [2.45, 2.75) is 39.8 Å². The lowest BCUT2D eigenvalue weighted by Crippen LogP contribution is -2.35. The second kappa shape index (κ2) is 8.94. The first kappa shape index (κ1) is 16.0. The molecule has 0 bridgehead atoms. The monoisotopic (exact) mass is 264 g/mol. The molecule has 0 amide bonds. The second-order valence-electron chi connectivity index (χ2n) is 5.12. The molecule has 0 heterocycles. The van der Waals surface area contributed by atoms with E-state index in [0.29, 0.717) is 6.04 Å². The molecule has 0 radical (unpaired) electrons. The topological polar surface area (TPSA) is 24.5 Å². The minimum atomic E-state index is 0.580. The van der Waals surface area contributed by atoms with E-state index in [1.807, 2.05) is 19.2 Å². The summed E-state index contributed by atoms with van der Waals surface area (Å²) in [4.78, 5) is 2.46. The third-order valence-corrected chi connectivity index (χ3v) is 3.22. The maximum Gasteiger partial charge on any atom is 0.123 e. The van der Waals surface area contributed by atoms with Crippen LogP contribution < -0.4 is 10.1 Å². The van der Waals surface area contributed by atoms with Crippen LogP contribution in [-0.2, 0) is 6.54 Å². The molecule has 0 atom stereocenters. The predicted octanol–water partition coefficient (Wildman–Crippen LogP) is 2.91. The molecule has 0 saturated carbocycles. The summed E-state index contributed by atoms with van der Waals surface area (Å²) in [5.41, 5.74) is 1.22. The highest BCUT2D eigenvalue weighted by molar-refractivity contribution is 5.33. The van der Waals surface area contributed by atoms with Crippen LogP contribution in [0.25, 0.3) is 0 Å². The third kappa shape index (κ3) is 5.62. The van der Waals surface area contributed by atoms with E-state index in [2.05, 4.69) is 43.1 Å². The van der Waals surface area contributed by atoms with E-state index in [1.54, 1.807) is 0 Å². The number of hydrogen-bond donors (Lipinski definition) is 1. The second-order valence-corrected chi connectivity index (χ2v) is 5.12. The fourth-order valence-electron chi connectivity index (χ4n) is 2.17. The zero-order valence-electron chi connectivity index (χ0n) is 12.8. The molecule has 0 spiro atoms. The summed E-state index contributed by atoms with van der Waals surface area (Å²) in [6, 6.07) is 8.82. The summed E-state index contributed by atoms with van der Waals surface area (Å²) in [7, 11) is 1.96. The molecule has 0 saturated heterocycles. The lowest BCUT2D eigenvalue weighted by molar-refractivity contribution is 0.175. The van der Waals surface area contributed by atoms with E-state index in [1.165, 1.54) is 12.0 Å². The molecule has 0 aliphatic rings. The number of para-hydroxylation sites is 1. The Kier molecular flexibility index (Phi) is 7.53. The lowest BCUT2D eigenvalue weighted by atomic mass is 10.2. The summed E-state index contributed by atoms with van der Waals surface area (Å²) in [6.45, 7) is 10.4. The van der Waals surface area contributed by atoms with Crippen molar-refractivity contribution in [1.29, 1.82) is 0 Å². The van der Waals surface area contributed by atoms with Gasteiger partial charge in [-0.1, -0.05) is 25.1 Å². The van der Waals surface area contributed by atoms with Gasteiger partial charge in [0.15, 0.2) is 0 Å². The molecule has 1 aromatic rings. The van der Waals surface area contributed by atoms with Gasteiger partial charge in [-0.15, -0.1) is 0 Å². The largest absolute Gasteiger partial charge is 0.492 e. The van der Waals surface area contributed by atoms with Crippen molar-refractivity contribution in [3.05, 3.63) is 29.8 Å². The van der Waals surface area contributed by atoms with Crippen LogP contribution in [0, 0.1) is 0 Å². The average molecular weight is 264 g/mol. The van der Waals surface area contributed by atoms with Crippen LogP contribution in [0.2, 0.25) is 0 Å². The standard InChI is InChI=1S/C16H28N2O/c1-5-10-18(14(2)3)11-12-19-16-9-7-6-8-15(16)13-17-4/h6-9,14,17H,5,10-13H2,1-4H3. The van der Waals surface area contributed by atoms with Crippen LogP contribution in [0.4, 0.5) is 0 Å². The Hall–Kier alpha value is -1.06. The van der Waals surface area contributed by atoms with Crippen molar-refractivity contribution >= 4 is 0 Å². The molecule has 0 unspecified atom stereocenters. The van der Waals surface area contributed by atoms with Gasteiger partial charge >= 0.3 is 0 Å². The molecule has 3 nitrogen and oxygen atoms in total. The average Bonchev–Trinajstić information content (AvgIpc) is 2.40. The molecule has 3 heteroatoms. The number of rotatable bonds is 9. The predicted molar refractivity (Wildman–Crippen MR) is 81.7 cm³/mol. The normalized spacial score (nSPS) is 11.3. The Morgan fingerprint density at radius 2 is 1.95 bits per heavy atom. The highest BCUT2D eigenvalue weighted by atomic mass is 16.5. The van der Waals surface area contributed by atoms with Crippen molar-refractivity contribution in [1.82, 2.24) is 10.2 Å². The summed E-state index contributed by atoms with van der Waals surface area (Å²) < 4.78 is 5.94. The van der Waals surface area contributed by atoms with E-state index in [4.69, 9.17) is 4.74 Å². The molecule has 0 aliphatic heterocycles. The summed E-state index contributed by atoms with van der Waals surface area (Å²) in [6.07, 6.45) is 1.19. The Morgan fingerprint density at radius 3 is 2.58 bits per heavy atom. The maximum absolute atomic E-state index is 5.94. The summed E-state index contributed by atoms with van der Waals surface area (Å²) >= 11 is 0. The van der Waals surface area contributed by atoms with Crippen molar-refractivity contribution in [3.63, 3.8) is 0 Å². The molecule has 1 rings (SSSR count). The molecule has 0 fully saturated rings. The number of ether oxygens (including phenoxy) is 1. The minimum Gasteiger partial charge on any atom is -0.492 e. The van der Waals surface area contributed by atoms with Gasteiger partial charge in [0.1, 0.15) is 12.4 Å². The SMILES string of the molecule is CCCN(CCOc1ccccc1CNC)C(C)C. The lowest BCUT2D eigenvalue weighted by Gasteiger charge is -2.26. The number of nitrogens with one attached hydrogen (secondary N) is 1. The number of hydrogen-bond acceptors (Lipinski definition) is 3. The first-order valence-corrected chi connectivity index (χ1v) is 7.28. The Morgan fingerprint density at radius 1 is 1.21 bits per heavy atom. The van der Waals surface area contributed by atoms with Crippen LogP contribution in [0.15, 0.2) is 24.3 Å². The van der Waals surface area contributed by atoms with E-state index in [-0.39, 0.29) is 0 Å². The first-order chi connectivity index (χ1) is 9.19. The van der Waals surface area contributed by atoms with Crippen molar-refractivity contribution in [2.75, 3.05) is 26.7 Å². The Labute approximate surface area is 118 Å². The molecule has 19 heavy (non-hydrogen) atoms. The van der Waals surface area contributed by atoms with Gasteiger partial charge in [0.25, 0.3) is 0 Å². The molecule has 108 valence electrons. The van der Waals surface area contributed by atoms with Crippen molar-refractivity contribution in [2.24, 2.45) is 0 Å². The van der Waals surface area contributed by atoms with Crippen LogP contribution in [0.5, 0.6) is 5.75 Å². The number of nitrogens with zero attached hydrogens (tertiary/aromatic N) is 1. The molecular formula is C16H28N2O. The number of benzene rings is 1. The van der Waals surface area contributed by atoms with E-state index >= 15 is 0 Å². The smallest absolute Gasteiger partial charge is 0.123 e. The van der Waals surface area contributed by atoms with E-state index in [0.717, 1.165) is 32.0 Å². The minimum absolute atomic E-state index is 0.580. The molecule has 0 aliphatic carbocycles. The van der Waals surface area contributed by atoms with Crippen LogP contribution in [0.1, 0.15) is 32.8 Å². The maximum atomic E-state index is 5.94. The van der Waals surface area contributed by atoms with Crippen molar-refractivity contribution in [3.8, 4) is 5.75 Å². The van der Waals surface area contributed by atoms with Crippen LogP contribution in [-0.4, -0.2) is 37.7 Å². The summed E-state index contributed by atoms with van der Waals surface area (Å²) in [5, 5.41) is 3.17. The molecule has 1 aromatic carbocycles. The zero-order valence-corrected chi connectivity index (χ0v) is 12.8. The summed E-state index contributed by atoms with van der Waals surface area (Å²) in [5.74, 6) is 0.997. The van der Waals surface area contributed by atoms with Gasteiger partial charge in [-0.25, -0.2) is 0 Å². The van der Waals surface area contributed by atoms with Crippen LogP contribution >= 0.6 is 0 Å². The molecular weight excluding hydrogens is 236 g/mol. The van der Waals surface area contributed by atoms with Crippen LogP contribution in [0.3, 0.4) is 0 Å². The zero-order chi connectivity index (χ0) is 14.1. The van der Waals surface area contributed by atoms with E-state index in [9.17, 15) is 0 Å². The van der Waals surface area contributed by atoms with Crippen molar-refractivity contribution < 1.29 is 4.74 Å². The Bertz CT molecular complexity index is 352. The highest BCUT2D eigenvalue weighted by Crippen LogP contribution is 2.17. The molecule has 0 aromatic heterocycles. The van der Waals surface area contributed by atoms with Gasteiger partial charge < -0.3 is 10.1 Å². The third-order valence-electron chi connectivity index (χ3n) is 3.22. The van der Waals surface area contributed by atoms with Gasteiger partial charge in [0.05, 0.1) is 0 Å². The van der Waals surface area contributed by atoms with Gasteiger partial charge in [-0.2, -0.15) is 0 Å².